The average Bonchev–Trinajstić information content (AvgIpc) is 2.65. The summed E-state index contributed by atoms with van der Waals surface area (Å²) in [5.74, 6) is 0.989. The van der Waals surface area contributed by atoms with Crippen molar-refractivity contribution in [1.29, 1.82) is 0 Å². The average molecular weight is 429 g/mol. The van der Waals surface area contributed by atoms with Gasteiger partial charge in [-0.1, -0.05) is 11.6 Å². The number of hydrogen-bond acceptors (Lipinski definition) is 7. The summed E-state index contributed by atoms with van der Waals surface area (Å²) in [4.78, 5) is 15.6. The van der Waals surface area contributed by atoms with Gasteiger partial charge in [0.15, 0.2) is 11.6 Å². The zero-order chi connectivity index (χ0) is 20.9. The Balaban J connectivity index is 1.44. The van der Waals surface area contributed by atoms with Gasteiger partial charge in [-0.05, 0) is 51.1 Å². The Hall–Kier alpha value is -2.71. The number of rotatable bonds is 5. The molecule has 2 aliphatic rings. The molecule has 0 aliphatic carbocycles. The molecule has 2 N–H and O–H groups in total. The Morgan fingerprint density at radius 3 is 2.73 bits per heavy atom. The molecule has 2 saturated heterocycles. The number of nitrogens with zero attached hydrogens (tertiary/aromatic N) is 4. The zero-order valence-electron chi connectivity index (χ0n) is 16.7. The van der Waals surface area contributed by atoms with E-state index in [-0.39, 0.29) is 22.4 Å². The van der Waals surface area contributed by atoms with Crippen LogP contribution < -0.4 is 20.3 Å². The maximum Gasteiger partial charge on any atom is 0.169 e. The second-order valence-corrected chi connectivity index (χ2v) is 8.48. The van der Waals surface area contributed by atoms with Gasteiger partial charge in [-0.15, -0.1) is 0 Å². The van der Waals surface area contributed by atoms with Crippen LogP contribution in [0, 0.1) is 5.82 Å². The van der Waals surface area contributed by atoms with E-state index in [1.54, 1.807) is 12.1 Å². The molecule has 2 aromatic heterocycles. The quantitative estimate of drug-likeness (QED) is 0.638. The lowest BCUT2D eigenvalue weighted by Crippen LogP contribution is -2.76. The van der Waals surface area contributed by atoms with Crippen molar-refractivity contribution in [3.63, 3.8) is 0 Å². The van der Waals surface area contributed by atoms with Gasteiger partial charge < -0.3 is 20.3 Å². The molecule has 5 rings (SSSR count). The largest absolute Gasteiger partial charge is 0.489 e. The minimum absolute atomic E-state index is 0.0698. The molecular formula is C21H22ClFN6O. The standard InChI is InChI=1S/C21H22ClFN6O/c1-12(2)30-15-5-3-13(18(23)17(15)22)27-20-19-14(24-11-25-20)4-6-16(28-19)29-9-21(10-29)7-8-26-21/h3-6,11-12,26H,7-10H2,1-2H3,(H,24,25,27). The van der Waals surface area contributed by atoms with Gasteiger partial charge in [-0.3, -0.25) is 0 Å². The highest BCUT2D eigenvalue weighted by atomic mass is 35.5. The van der Waals surface area contributed by atoms with Crippen molar-refractivity contribution in [2.45, 2.75) is 31.9 Å². The van der Waals surface area contributed by atoms with Crippen molar-refractivity contribution < 1.29 is 9.13 Å². The SMILES string of the molecule is CC(C)Oc1ccc(Nc2ncnc3ccc(N4CC5(CCN5)C4)nc23)c(F)c1Cl. The molecular weight excluding hydrogens is 407 g/mol. The third kappa shape index (κ3) is 3.30. The highest BCUT2D eigenvalue weighted by molar-refractivity contribution is 6.32. The molecule has 2 fully saturated rings. The van der Waals surface area contributed by atoms with Crippen LogP contribution in [0.5, 0.6) is 5.75 Å². The lowest BCUT2D eigenvalue weighted by Gasteiger charge is -2.56. The number of aromatic nitrogens is 3. The molecule has 156 valence electrons. The molecule has 0 radical (unpaired) electrons. The lowest BCUT2D eigenvalue weighted by atomic mass is 9.80. The summed E-state index contributed by atoms with van der Waals surface area (Å²) in [7, 11) is 0. The molecule has 1 spiro atoms. The first kappa shape index (κ1) is 19.3. The van der Waals surface area contributed by atoms with Crippen LogP contribution in [0.1, 0.15) is 20.3 Å². The van der Waals surface area contributed by atoms with E-state index in [2.05, 4.69) is 25.5 Å². The number of ether oxygens (including phenoxy) is 1. The van der Waals surface area contributed by atoms with Gasteiger partial charge in [-0.25, -0.2) is 19.3 Å². The predicted octanol–water partition coefficient (Wildman–Crippen LogP) is 3.90. The van der Waals surface area contributed by atoms with E-state index in [1.165, 1.54) is 12.7 Å². The van der Waals surface area contributed by atoms with E-state index >= 15 is 0 Å². The molecule has 0 bridgehead atoms. The van der Waals surface area contributed by atoms with Crippen molar-refractivity contribution in [2.75, 3.05) is 29.9 Å². The molecule has 9 heteroatoms. The van der Waals surface area contributed by atoms with Gasteiger partial charge in [0.2, 0.25) is 0 Å². The Morgan fingerprint density at radius 1 is 1.23 bits per heavy atom. The number of benzene rings is 1. The first-order chi connectivity index (χ1) is 14.4. The van der Waals surface area contributed by atoms with Gasteiger partial charge in [0, 0.05) is 13.1 Å². The topological polar surface area (TPSA) is 75.2 Å². The summed E-state index contributed by atoms with van der Waals surface area (Å²) in [5, 5.41) is 6.44. The summed E-state index contributed by atoms with van der Waals surface area (Å²) in [6.07, 6.45) is 2.52. The fraction of sp³-hybridized carbons (Fsp3) is 0.381. The van der Waals surface area contributed by atoms with Crippen LogP contribution >= 0.6 is 11.6 Å². The molecule has 0 saturated carbocycles. The summed E-state index contributed by atoms with van der Waals surface area (Å²) in [6.45, 7) is 6.67. The molecule has 0 atom stereocenters. The van der Waals surface area contributed by atoms with Crippen LogP contribution in [0.2, 0.25) is 5.02 Å². The van der Waals surface area contributed by atoms with Crippen LogP contribution in [0.15, 0.2) is 30.6 Å². The van der Waals surface area contributed by atoms with Crippen LogP contribution in [0.4, 0.5) is 21.7 Å². The Morgan fingerprint density at radius 2 is 2.03 bits per heavy atom. The van der Waals surface area contributed by atoms with Gasteiger partial charge in [0.25, 0.3) is 0 Å². The second kappa shape index (κ2) is 7.21. The molecule has 7 nitrogen and oxygen atoms in total. The van der Waals surface area contributed by atoms with E-state index in [0.29, 0.717) is 22.6 Å². The van der Waals surface area contributed by atoms with Crippen molar-refractivity contribution >= 4 is 40.0 Å². The van der Waals surface area contributed by atoms with E-state index < -0.39 is 5.82 Å². The van der Waals surface area contributed by atoms with E-state index in [1.807, 2.05) is 26.0 Å². The summed E-state index contributed by atoms with van der Waals surface area (Å²) >= 11 is 6.17. The third-order valence-electron chi connectivity index (χ3n) is 5.54. The van der Waals surface area contributed by atoms with Gasteiger partial charge in [-0.2, -0.15) is 0 Å². The molecule has 4 heterocycles. The normalized spacial score (nSPS) is 17.2. The first-order valence-corrected chi connectivity index (χ1v) is 10.4. The molecule has 3 aromatic rings. The molecule has 30 heavy (non-hydrogen) atoms. The molecule has 2 aliphatic heterocycles. The number of halogens is 2. The maximum atomic E-state index is 14.8. The monoisotopic (exact) mass is 428 g/mol. The lowest BCUT2D eigenvalue weighted by molar-refractivity contribution is 0.159. The van der Waals surface area contributed by atoms with Crippen molar-refractivity contribution in [3.8, 4) is 5.75 Å². The van der Waals surface area contributed by atoms with E-state index in [9.17, 15) is 4.39 Å². The minimum atomic E-state index is -0.599. The summed E-state index contributed by atoms with van der Waals surface area (Å²) in [6, 6.07) is 7.09. The fourth-order valence-electron chi connectivity index (χ4n) is 3.89. The number of hydrogen-bond donors (Lipinski definition) is 2. The molecule has 1 aromatic carbocycles. The number of pyridine rings is 1. The summed E-state index contributed by atoms with van der Waals surface area (Å²) < 4.78 is 20.4. The van der Waals surface area contributed by atoms with Crippen LogP contribution in [0.3, 0.4) is 0 Å². The predicted molar refractivity (Wildman–Crippen MR) is 115 cm³/mol. The smallest absolute Gasteiger partial charge is 0.169 e. The van der Waals surface area contributed by atoms with Gasteiger partial charge >= 0.3 is 0 Å². The Kier molecular flexibility index (Phi) is 4.63. The van der Waals surface area contributed by atoms with Crippen LogP contribution in [0.25, 0.3) is 11.0 Å². The van der Waals surface area contributed by atoms with Gasteiger partial charge in [0.1, 0.15) is 28.4 Å². The van der Waals surface area contributed by atoms with Gasteiger partial charge in [0.05, 0.1) is 22.8 Å². The highest BCUT2D eigenvalue weighted by Crippen LogP contribution is 2.36. The Bertz CT molecular complexity index is 1110. The molecule has 0 amide bonds. The van der Waals surface area contributed by atoms with E-state index in [4.69, 9.17) is 21.3 Å². The second-order valence-electron chi connectivity index (χ2n) is 8.10. The third-order valence-corrected chi connectivity index (χ3v) is 5.90. The van der Waals surface area contributed by atoms with Crippen molar-refractivity contribution in [1.82, 2.24) is 20.3 Å². The fourth-order valence-corrected chi connectivity index (χ4v) is 4.10. The van der Waals surface area contributed by atoms with Crippen molar-refractivity contribution in [2.24, 2.45) is 0 Å². The number of anilines is 3. The van der Waals surface area contributed by atoms with Crippen LogP contribution in [-0.4, -0.2) is 46.2 Å². The summed E-state index contributed by atoms with van der Waals surface area (Å²) in [5.41, 5.74) is 1.71. The minimum Gasteiger partial charge on any atom is -0.489 e. The number of fused-ring (bicyclic) bond motifs is 1. The van der Waals surface area contributed by atoms with E-state index in [0.717, 1.165) is 25.5 Å². The highest BCUT2D eigenvalue weighted by Gasteiger charge is 2.47. The molecule has 0 unspecified atom stereocenters. The Labute approximate surface area is 178 Å². The van der Waals surface area contributed by atoms with Crippen LogP contribution in [-0.2, 0) is 0 Å². The zero-order valence-corrected chi connectivity index (χ0v) is 17.5. The maximum absolute atomic E-state index is 14.8. The number of nitrogens with one attached hydrogen (secondary N) is 2. The first-order valence-electron chi connectivity index (χ1n) is 9.97. The van der Waals surface area contributed by atoms with Crippen molar-refractivity contribution in [3.05, 3.63) is 41.4 Å².